The van der Waals surface area contributed by atoms with Crippen molar-refractivity contribution < 1.29 is 13.2 Å². The predicted octanol–water partition coefficient (Wildman–Crippen LogP) is 0.683. The SMILES string of the molecule is O=C1C(c2ccccc2)S1(=O)=O. The third kappa shape index (κ3) is 0.881. The summed E-state index contributed by atoms with van der Waals surface area (Å²) < 4.78 is 21.7. The molecular formula is C8H6O3S. The summed E-state index contributed by atoms with van der Waals surface area (Å²) in [5, 5.41) is -1.53. The van der Waals surface area contributed by atoms with Gasteiger partial charge < -0.3 is 0 Å². The Morgan fingerprint density at radius 1 is 1.08 bits per heavy atom. The minimum atomic E-state index is -3.43. The van der Waals surface area contributed by atoms with E-state index in [0.29, 0.717) is 5.56 Å². The van der Waals surface area contributed by atoms with Crippen molar-refractivity contribution in [1.29, 1.82) is 0 Å². The summed E-state index contributed by atoms with van der Waals surface area (Å²) in [5.41, 5.74) is 0.572. The first-order valence-corrected chi connectivity index (χ1v) is 5.01. The molecule has 62 valence electrons. The van der Waals surface area contributed by atoms with Gasteiger partial charge in [0.2, 0.25) is 9.84 Å². The van der Waals surface area contributed by atoms with Crippen LogP contribution in [0.15, 0.2) is 30.3 Å². The highest BCUT2D eigenvalue weighted by molar-refractivity contribution is 8.17. The van der Waals surface area contributed by atoms with Crippen LogP contribution >= 0.6 is 0 Å². The Morgan fingerprint density at radius 2 is 1.58 bits per heavy atom. The number of carbonyl (C=O) groups is 1. The van der Waals surface area contributed by atoms with Gasteiger partial charge in [-0.3, -0.25) is 4.79 Å². The van der Waals surface area contributed by atoms with Crippen molar-refractivity contribution in [3.8, 4) is 0 Å². The Morgan fingerprint density at radius 3 is 2.00 bits per heavy atom. The van der Waals surface area contributed by atoms with Gasteiger partial charge in [-0.2, -0.15) is 0 Å². The second kappa shape index (κ2) is 2.17. The molecule has 12 heavy (non-hydrogen) atoms. The zero-order valence-electron chi connectivity index (χ0n) is 6.10. The number of sulfone groups is 1. The molecule has 0 bridgehead atoms. The molecule has 0 saturated carbocycles. The maximum Gasteiger partial charge on any atom is 0.270 e. The van der Waals surface area contributed by atoms with E-state index in [2.05, 4.69) is 0 Å². The molecule has 2 rings (SSSR count). The van der Waals surface area contributed by atoms with Gasteiger partial charge in [0.05, 0.1) is 0 Å². The molecular weight excluding hydrogens is 176 g/mol. The van der Waals surface area contributed by atoms with Gasteiger partial charge in [0.1, 0.15) is 0 Å². The average Bonchev–Trinajstić information content (AvgIpc) is 2.53. The van der Waals surface area contributed by atoms with E-state index in [1.807, 2.05) is 0 Å². The van der Waals surface area contributed by atoms with Crippen molar-refractivity contribution in [2.75, 3.05) is 0 Å². The first-order chi connectivity index (χ1) is 5.64. The summed E-state index contributed by atoms with van der Waals surface area (Å²) in [4.78, 5) is 10.8. The Hall–Kier alpha value is -1.16. The monoisotopic (exact) mass is 182 g/mol. The number of hydrogen-bond donors (Lipinski definition) is 0. The van der Waals surface area contributed by atoms with E-state index >= 15 is 0 Å². The van der Waals surface area contributed by atoms with Crippen LogP contribution in [0.2, 0.25) is 0 Å². The lowest BCUT2D eigenvalue weighted by atomic mass is 10.2. The Kier molecular flexibility index (Phi) is 1.35. The normalized spacial score (nSPS) is 25.3. The van der Waals surface area contributed by atoms with E-state index in [1.165, 1.54) is 0 Å². The number of hydrogen-bond acceptors (Lipinski definition) is 3. The van der Waals surface area contributed by atoms with Crippen LogP contribution < -0.4 is 0 Å². The first kappa shape index (κ1) is 7.49. The van der Waals surface area contributed by atoms with Crippen LogP contribution in [0.3, 0.4) is 0 Å². The molecule has 1 saturated heterocycles. The standard InChI is InChI=1S/C8H6O3S/c9-8-7(12(8,10)11)6-4-2-1-3-5-6/h1-5,7H. The molecule has 1 aromatic rings. The van der Waals surface area contributed by atoms with Crippen molar-refractivity contribution in [3.05, 3.63) is 35.9 Å². The van der Waals surface area contributed by atoms with Crippen LogP contribution in [0.5, 0.6) is 0 Å². The second-order valence-corrected chi connectivity index (χ2v) is 4.62. The Balaban J connectivity index is 2.44. The molecule has 1 aliphatic heterocycles. The highest BCUT2D eigenvalue weighted by Crippen LogP contribution is 2.40. The van der Waals surface area contributed by atoms with Gasteiger partial charge in [-0.15, -0.1) is 0 Å². The van der Waals surface area contributed by atoms with E-state index in [9.17, 15) is 13.2 Å². The number of rotatable bonds is 1. The van der Waals surface area contributed by atoms with Crippen LogP contribution in [0, 0.1) is 0 Å². The van der Waals surface area contributed by atoms with Gasteiger partial charge in [0.15, 0.2) is 5.25 Å². The first-order valence-electron chi connectivity index (χ1n) is 3.47. The Labute approximate surface area is 69.9 Å². The van der Waals surface area contributed by atoms with E-state index < -0.39 is 20.2 Å². The van der Waals surface area contributed by atoms with E-state index in [0.717, 1.165) is 0 Å². The van der Waals surface area contributed by atoms with Gasteiger partial charge >= 0.3 is 0 Å². The molecule has 1 heterocycles. The molecule has 1 fully saturated rings. The summed E-state index contributed by atoms with van der Waals surface area (Å²) in [7, 11) is -3.43. The second-order valence-electron chi connectivity index (χ2n) is 2.65. The van der Waals surface area contributed by atoms with Crippen molar-refractivity contribution in [1.82, 2.24) is 0 Å². The number of benzene rings is 1. The highest BCUT2D eigenvalue weighted by Gasteiger charge is 2.57. The van der Waals surface area contributed by atoms with Crippen LogP contribution in [0.4, 0.5) is 0 Å². The summed E-state index contributed by atoms with van der Waals surface area (Å²) in [6.07, 6.45) is 0. The summed E-state index contributed by atoms with van der Waals surface area (Å²) in [6, 6.07) is 8.51. The van der Waals surface area contributed by atoms with Crippen molar-refractivity contribution in [2.24, 2.45) is 0 Å². The van der Waals surface area contributed by atoms with Crippen LogP contribution in [-0.4, -0.2) is 13.5 Å². The molecule has 0 aromatic heterocycles. The third-order valence-electron chi connectivity index (χ3n) is 1.85. The van der Waals surface area contributed by atoms with Crippen LogP contribution in [-0.2, 0) is 14.6 Å². The van der Waals surface area contributed by atoms with E-state index in [1.54, 1.807) is 30.3 Å². The molecule has 0 aliphatic carbocycles. The summed E-state index contributed by atoms with van der Waals surface area (Å²) in [6.45, 7) is 0. The quantitative estimate of drug-likeness (QED) is 0.600. The van der Waals surface area contributed by atoms with Gasteiger partial charge in [0, 0.05) is 0 Å². The molecule has 0 N–H and O–H groups in total. The lowest BCUT2D eigenvalue weighted by Crippen LogP contribution is -1.80. The summed E-state index contributed by atoms with van der Waals surface area (Å²) in [5.74, 6) is 0. The average molecular weight is 182 g/mol. The minimum Gasteiger partial charge on any atom is -0.280 e. The van der Waals surface area contributed by atoms with Crippen molar-refractivity contribution in [3.63, 3.8) is 0 Å². The topological polar surface area (TPSA) is 51.2 Å². The molecule has 3 nitrogen and oxygen atoms in total. The van der Waals surface area contributed by atoms with Crippen molar-refractivity contribution in [2.45, 2.75) is 5.25 Å². The zero-order chi connectivity index (χ0) is 8.77. The molecule has 1 aromatic carbocycles. The molecule has 0 spiro atoms. The molecule has 4 heteroatoms. The van der Waals surface area contributed by atoms with Gasteiger partial charge in [-0.25, -0.2) is 8.42 Å². The number of carbonyl (C=O) groups excluding carboxylic acids is 1. The molecule has 0 amide bonds. The lowest BCUT2D eigenvalue weighted by molar-refractivity contribution is -0.108. The largest absolute Gasteiger partial charge is 0.280 e. The predicted molar refractivity (Wildman–Crippen MR) is 43.1 cm³/mol. The fourth-order valence-electron chi connectivity index (χ4n) is 1.15. The summed E-state index contributed by atoms with van der Waals surface area (Å²) >= 11 is 0. The molecule has 1 unspecified atom stereocenters. The van der Waals surface area contributed by atoms with Crippen LogP contribution in [0.25, 0.3) is 0 Å². The van der Waals surface area contributed by atoms with Crippen molar-refractivity contribution >= 4 is 15.0 Å². The fraction of sp³-hybridized carbons (Fsp3) is 0.125. The Bertz CT molecular complexity index is 419. The van der Waals surface area contributed by atoms with Gasteiger partial charge in [-0.05, 0) is 5.56 Å². The third-order valence-corrected chi connectivity index (χ3v) is 3.50. The molecule has 1 atom stereocenters. The lowest BCUT2D eigenvalue weighted by Gasteiger charge is -1.88. The minimum absolute atomic E-state index is 0.572. The highest BCUT2D eigenvalue weighted by atomic mass is 32.2. The van der Waals surface area contributed by atoms with Gasteiger partial charge in [-0.1, -0.05) is 30.3 Å². The van der Waals surface area contributed by atoms with E-state index in [4.69, 9.17) is 0 Å². The molecule has 1 aliphatic rings. The van der Waals surface area contributed by atoms with Gasteiger partial charge in [0.25, 0.3) is 5.12 Å². The smallest absolute Gasteiger partial charge is 0.270 e. The maximum atomic E-state index is 10.9. The molecule has 0 radical (unpaired) electrons. The zero-order valence-corrected chi connectivity index (χ0v) is 6.91. The van der Waals surface area contributed by atoms with Crippen LogP contribution in [0.1, 0.15) is 10.8 Å². The maximum absolute atomic E-state index is 10.9. The fourth-order valence-corrected chi connectivity index (χ4v) is 2.46. The van der Waals surface area contributed by atoms with E-state index in [-0.39, 0.29) is 0 Å².